The Bertz CT molecular complexity index is 956. The minimum Gasteiger partial charge on any atom is -0.493 e. The number of carbonyl (C=O) groups is 3. The van der Waals surface area contributed by atoms with Crippen molar-refractivity contribution in [3.05, 3.63) is 59.2 Å². The van der Waals surface area contributed by atoms with E-state index in [1.807, 2.05) is 0 Å². The lowest BCUT2D eigenvalue weighted by atomic mass is 9.97. The van der Waals surface area contributed by atoms with E-state index in [1.165, 1.54) is 26.4 Å². The molecule has 3 rings (SSSR count). The minimum absolute atomic E-state index is 0.0144. The maximum atomic E-state index is 13.1. The maximum Gasteiger partial charge on any atom is 0.379 e. The van der Waals surface area contributed by atoms with Gasteiger partial charge >= 0.3 is 5.97 Å². The molecule has 138 valence electrons. The lowest BCUT2D eigenvalue weighted by molar-refractivity contribution is -0.150. The third kappa shape index (κ3) is 3.10. The summed E-state index contributed by atoms with van der Waals surface area (Å²) in [5, 5.41) is 0. The Kier molecular flexibility index (Phi) is 5.07. The van der Waals surface area contributed by atoms with Crippen LogP contribution in [0.15, 0.2) is 42.5 Å². The number of Topliss-reactive ketones (excluding diaryl/α,β-unsaturated/α-hetero) is 2. The van der Waals surface area contributed by atoms with Crippen molar-refractivity contribution >= 4 is 28.7 Å². The molecule has 1 aliphatic carbocycles. The summed E-state index contributed by atoms with van der Waals surface area (Å²) in [6.07, 6.45) is 0. The molecule has 1 aliphatic rings. The molecule has 0 amide bonds. The highest BCUT2D eigenvalue weighted by Gasteiger charge is 2.38. The van der Waals surface area contributed by atoms with Gasteiger partial charge in [-0.1, -0.05) is 30.3 Å². The number of carbonyl (C=O) groups excluding carboxylic acids is 3. The van der Waals surface area contributed by atoms with Crippen molar-refractivity contribution in [2.45, 2.75) is 6.92 Å². The Morgan fingerprint density at radius 3 is 2.07 bits per heavy atom. The van der Waals surface area contributed by atoms with Gasteiger partial charge in [-0.25, -0.2) is 4.79 Å². The molecule has 6 heteroatoms. The largest absolute Gasteiger partial charge is 0.493 e. The monoisotopic (exact) mass is 366 g/mol. The zero-order valence-corrected chi connectivity index (χ0v) is 15.2. The van der Waals surface area contributed by atoms with E-state index in [2.05, 4.69) is 0 Å². The quantitative estimate of drug-likeness (QED) is 0.578. The number of rotatable bonds is 6. The van der Waals surface area contributed by atoms with E-state index in [0.717, 1.165) is 0 Å². The van der Waals surface area contributed by atoms with Crippen molar-refractivity contribution in [1.82, 2.24) is 0 Å². The molecule has 0 unspecified atom stereocenters. The first-order valence-electron chi connectivity index (χ1n) is 8.35. The van der Waals surface area contributed by atoms with Gasteiger partial charge in [0.15, 0.2) is 17.3 Å². The van der Waals surface area contributed by atoms with Crippen LogP contribution in [0.3, 0.4) is 0 Å². The highest BCUT2D eigenvalue weighted by atomic mass is 16.5. The van der Waals surface area contributed by atoms with Gasteiger partial charge in [-0.2, -0.15) is 0 Å². The molecule has 0 bridgehead atoms. The average molecular weight is 366 g/mol. The van der Waals surface area contributed by atoms with E-state index in [-0.39, 0.29) is 29.1 Å². The highest BCUT2D eigenvalue weighted by molar-refractivity contribution is 6.61. The van der Waals surface area contributed by atoms with Gasteiger partial charge in [-0.3, -0.25) is 9.59 Å². The zero-order valence-electron chi connectivity index (χ0n) is 15.2. The van der Waals surface area contributed by atoms with Gasteiger partial charge in [0.2, 0.25) is 0 Å². The Labute approximate surface area is 156 Å². The number of benzene rings is 2. The van der Waals surface area contributed by atoms with Gasteiger partial charge in [0.05, 0.1) is 20.8 Å². The van der Waals surface area contributed by atoms with Crippen LogP contribution < -0.4 is 9.47 Å². The summed E-state index contributed by atoms with van der Waals surface area (Å²) in [6.45, 7) is 1.67. The molecule has 0 saturated heterocycles. The van der Waals surface area contributed by atoms with E-state index in [0.29, 0.717) is 22.6 Å². The van der Waals surface area contributed by atoms with E-state index >= 15 is 0 Å². The minimum atomic E-state index is -1.00. The number of fused-ring (bicyclic) bond motifs is 1. The van der Waals surface area contributed by atoms with Crippen LogP contribution in [0.4, 0.5) is 0 Å². The second-order valence-electron chi connectivity index (χ2n) is 5.75. The third-order valence-electron chi connectivity index (χ3n) is 4.27. The zero-order chi connectivity index (χ0) is 19.6. The topological polar surface area (TPSA) is 78.9 Å². The number of methoxy groups -OCH3 is 2. The van der Waals surface area contributed by atoms with E-state index < -0.39 is 11.8 Å². The first-order chi connectivity index (χ1) is 13.0. The van der Waals surface area contributed by atoms with Crippen LogP contribution in [-0.2, 0) is 14.3 Å². The molecule has 2 aromatic rings. The Morgan fingerprint density at radius 2 is 1.52 bits per heavy atom. The van der Waals surface area contributed by atoms with Gasteiger partial charge in [-0.05, 0) is 24.6 Å². The number of ether oxygens (including phenoxy) is 3. The van der Waals surface area contributed by atoms with Crippen molar-refractivity contribution in [2.75, 3.05) is 20.8 Å². The second kappa shape index (κ2) is 7.45. The summed E-state index contributed by atoms with van der Waals surface area (Å²) < 4.78 is 15.4. The molecule has 0 fully saturated rings. The lowest BCUT2D eigenvalue weighted by Crippen LogP contribution is -2.19. The molecule has 2 aromatic carbocycles. The standard InChI is InChI=1S/C21H18O6/c1-4-27-21(24)20(23)18-13-10-15(25-2)16(26-3)11-14(13)19(22)17(18)12-8-6-5-7-9-12/h5-11H,4H2,1-3H3. The van der Waals surface area contributed by atoms with Gasteiger partial charge in [-0.15, -0.1) is 0 Å². The molecule has 27 heavy (non-hydrogen) atoms. The molecule has 0 N–H and O–H groups in total. The van der Waals surface area contributed by atoms with E-state index in [9.17, 15) is 14.4 Å². The fraction of sp³-hybridized carbons (Fsp3) is 0.190. The predicted molar refractivity (Wildman–Crippen MR) is 98.8 cm³/mol. The number of hydrogen-bond donors (Lipinski definition) is 0. The molecule has 0 radical (unpaired) electrons. The molecular formula is C21H18O6. The van der Waals surface area contributed by atoms with E-state index in [4.69, 9.17) is 14.2 Å². The van der Waals surface area contributed by atoms with Gasteiger partial charge in [0.1, 0.15) is 0 Å². The molecule has 0 saturated carbocycles. The highest BCUT2D eigenvalue weighted by Crippen LogP contribution is 2.43. The fourth-order valence-corrected chi connectivity index (χ4v) is 3.07. The smallest absolute Gasteiger partial charge is 0.379 e. The van der Waals surface area contributed by atoms with Crippen molar-refractivity contribution in [1.29, 1.82) is 0 Å². The first-order valence-corrected chi connectivity index (χ1v) is 8.35. The molecule has 6 nitrogen and oxygen atoms in total. The van der Waals surface area contributed by atoms with Gasteiger partial charge in [0.25, 0.3) is 5.78 Å². The first kappa shape index (κ1) is 18.4. The van der Waals surface area contributed by atoms with Crippen LogP contribution in [0, 0.1) is 0 Å². The summed E-state index contributed by atoms with van der Waals surface area (Å²) in [5.41, 5.74) is 1.33. The Morgan fingerprint density at radius 1 is 0.926 bits per heavy atom. The summed E-state index contributed by atoms with van der Waals surface area (Å²) >= 11 is 0. The summed E-state index contributed by atoms with van der Waals surface area (Å²) in [7, 11) is 2.91. The molecule has 0 atom stereocenters. The maximum absolute atomic E-state index is 13.1. The van der Waals surface area contributed by atoms with Crippen LogP contribution in [0.25, 0.3) is 11.1 Å². The second-order valence-corrected chi connectivity index (χ2v) is 5.75. The number of ketones is 2. The molecule has 0 spiro atoms. The third-order valence-corrected chi connectivity index (χ3v) is 4.27. The predicted octanol–water partition coefficient (Wildman–Crippen LogP) is 2.94. The van der Waals surface area contributed by atoms with Crippen LogP contribution >= 0.6 is 0 Å². The lowest BCUT2D eigenvalue weighted by Gasteiger charge is -2.11. The molecule has 0 heterocycles. The van der Waals surface area contributed by atoms with Crippen LogP contribution in [0.1, 0.15) is 28.4 Å². The fourth-order valence-electron chi connectivity index (χ4n) is 3.07. The Balaban J connectivity index is 2.27. The molecule has 0 aromatic heterocycles. The number of hydrogen-bond acceptors (Lipinski definition) is 6. The summed E-state index contributed by atoms with van der Waals surface area (Å²) in [4.78, 5) is 38.1. The molecular weight excluding hydrogens is 348 g/mol. The average Bonchev–Trinajstić information content (AvgIpc) is 2.98. The summed E-state index contributed by atoms with van der Waals surface area (Å²) in [6, 6.07) is 11.8. The normalized spacial score (nSPS) is 12.6. The molecule has 0 aliphatic heterocycles. The van der Waals surface area contributed by atoms with E-state index in [1.54, 1.807) is 37.3 Å². The van der Waals surface area contributed by atoms with Gasteiger partial charge in [0, 0.05) is 22.3 Å². The Hall–Kier alpha value is -3.41. The summed E-state index contributed by atoms with van der Waals surface area (Å²) in [5.74, 6) is -1.51. The number of allylic oxidation sites excluding steroid dienone is 1. The van der Waals surface area contributed by atoms with Crippen molar-refractivity contribution < 1.29 is 28.6 Å². The van der Waals surface area contributed by atoms with Crippen LogP contribution in [-0.4, -0.2) is 38.4 Å². The number of esters is 1. The van der Waals surface area contributed by atoms with Crippen LogP contribution in [0.2, 0.25) is 0 Å². The van der Waals surface area contributed by atoms with Crippen molar-refractivity contribution in [3.8, 4) is 11.5 Å². The van der Waals surface area contributed by atoms with Crippen molar-refractivity contribution in [2.24, 2.45) is 0 Å². The SMILES string of the molecule is CCOC(=O)C(=O)C1=C(c2ccccc2)C(=O)c2cc(OC)c(OC)cc21. The van der Waals surface area contributed by atoms with Crippen LogP contribution in [0.5, 0.6) is 11.5 Å². The van der Waals surface area contributed by atoms with Crippen molar-refractivity contribution in [3.63, 3.8) is 0 Å². The van der Waals surface area contributed by atoms with Gasteiger partial charge < -0.3 is 14.2 Å².